The van der Waals surface area contributed by atoms with Crippen LogP contribution in [0.1, 0.15) is 43.0 Å². The van der Waals surface area contributed by atoms with E-state index in [4.69, 9.17) is 21.1 Å². The van der Waals surface area contributed by atoms with E-state index in [1.54, 1.807) is 14.0 Å². The van der Waals surface area contributed by atoms with E-state index >= 15 is 0 Å². The zero-order valence-corrected chi connectivity index (χ0v) is 22.4. The van der Waals surface area contributed by atoms with Gasteiger partial charge in [0.1, 0.15) is 11.5 Å². The number of likely N-dealkylation sites (tertiary alicyclic amines) is 1. The number of amides is 1. The Labute approximate surface area is 214 Å². The fourth-order valence-electron chi connectivity index (χ4n) is 5.30. The molecular weight excluding hydrogens is 462 g/mol. The van der Waals surface area contributed by atoms with E-state index in [9.17, 15) is 4.79 Å². The third-order valence-corrected chi connectivity index (χ3v) is 8.11. The van der Waals surface area contributed by atoms with Crippen molar-refractivity contribution in [3.8, 4) is 11.5 Å². The van der Waals surface area contributed by atoms with Crippen LogP contribution < -0.4 is 14.4 Å². The highest BCUT2D eigenvalue weighted by Crippen LogP contribution is 2.33. The van der Waals surface area contributed by atoms with Crippen LogP contribution in [0.2, 0.25) is 5.02 Å². The lowest BCUT2D eigenvalue weighted by Gasteiger charge is -2.40. The quantitative estimate of drug-likeness (QED) is 0.530. The van der Waals surface area contributed by atoms with E-state index in [0.29, 0.717) is 23.6 Å². The Balaban J connectivity index is 1.35. The van der Waals surface area contributed by atoms with Gasteiger partial charge < -0.3 is 19.3 Å². The maximum Gasteiger partial charge on any atom is 0.219 e. The molecular formula is C28H38ClN3O3. The minimum atomic E-state index is 0.159. The third-order valence-electron chi connectivity index (χ3n) is 7.80. The number of halogens is 1. The molecule has 0 spiro atoms. The molecule has 190 valence electrons. The van der Waals surface area contributed by atoms with Crippen LogP contribution in [0.3, 0.4) is 0 Å². The number of hydrogen-bond acceptors (Lipinski definition) is 5. The molecule has 7 heteroatoms. The van der Waals surface area contributed by atoms with Crippen molar-refractivity contribution in [1.29, 1.82) is 0 Å². The van der Waals surface area contributed by atoms with Crippen molar-refractivity contribution in [1.82, 2.24) is 9.80 Å². The summed E-state index contributed by atoms with van der Waals surface area (Å²) in [5.41, 5.74) is 5.03. The molecule has 2 saturated heterocycles. The van der Waals surface area contributed by atoms with Gasteiger partial charge in [0, 0.05) is 69.9 Å². The van der Waals surface area contributed by atoms with Gasteiger partial charge in [-0.05, 0) is 62.1 Å². The van der Waals surface area contributed by atoms with Crippen molar-refractivity contribution < 1.29 is 14.3 Å². The van der Waals surface area contributed by atoms with Crippen molar-refractivity contribution in [2.45, 2.75) is 40.2 Å². The number of anilines is 1. The summed E-state index contributed by atoms with van der Waals surface area (Å²) < 4.78 is 11.6. The summed E-state index contributed by atoms with van der Waals surface area (Å²) in [6, 6.07) is 10.7. The largest absolute Gasteiger partial charge is 0.495 e. The number of carbonyl (C=O) groups excluding carboxylic acids is 1. The van der Waals surface area contributed by atoms with Gasteiger partial charge in [-0.1, -0.05) is 17.7 Å². The Morgan fingerprint density at radius 2 is 1.80 bits per heavy atom. The second kappa shape index (κ2) is 11.1. The van der Waals surface area contributed by atoms with E-state index in [2.05, 4.69) is 48.8 Å². The van der Waals surface area contributed by atoms with Crippen LogP contribution in [0, 0.1) is 19.8 Å². The minimum Gasteiger partial charge on any atom is -0.495 e. The highest BCUT2D eigenvalue weighted by molar-refractivity contribution is 6.32. The van der Waals surface area contributed by atoms with Crippen molar-refractivity contribution in [2.24, 2.45) is 5.92 Å². The Morgan fingerprint density at radius 3 is 2.46 bits per heavy atom. The van der Waals surface area contributed by atoms with Crippen LogP contribution in [0.25, 0.3) is 0 Å². The normalized spacial score (nSPS) is 19.7. The summed E-state index contributed by atoms with van der Waals surface area (Å²) in [6.45, 7) is 14.5. The van der Waals surface area contributed by atoms with Gasteiger partial charge >= 0.3 is 0 Å². The maximum absolute atomic E-state index is 11.6. The smallest absolute Gasteiger partial charge is 0.219 e. The summed E-state index contributed by atoms with van der Waals surface area (Å²) in [4.78, 5) is 18.5. The molecule has 2 aromatic rings. The first kappa shape index (κ1) is 25.6. The van der Waals surface area contributed by atoms with Crippen LogP contribution in [-0.4, -0.2) is 68.7 Å². The Bertz CT molecular complexity index is 1050. The van der Waals surface area contributed by atoms with Gasteiger partial charge in [-0.2, -0.15) is 0 Å². The van der Waals surface area contributed by atoms with Gasteiger partial charge in [0.05, 0.1) is 18.7 Å². The number of carbonyl (C=O) groups is 1. The molecule has 6 nitrogen and oxygen atoms in total. The highest BCUT2D eigenvalue weighted by Gasteiger charge is 2.26. The Hall–Kier alpha value is -2.44. The number of piperazine rings is 1. The zero-order chi connectivity index (χ0) is 25.1. The number of methoxy groups -OCH3 is 1. The van der Waals surface area contributed by atoms with E-state index in [1.807, 2.05) is 17.0 Å². The first-order valence-electron chi connectivity index (χ1n) is 12.6. The van der Waals surface area contributed by atoms with Crippen molar-refractivity contribution >= 4 is 23.2 Å². The standard InChI is InChI=1S/C28H38ClN3O3/c1-19-20(2)27(35-18-23-10-11-32(17-23)22(4)33)9-7-25(19)21(3)30-12-14-31(15-13-30)24-6-8-26(29)28(16-24)34-5/h6-9,16,21,23H,10-15,17-18H2,1-5H3. The van der Waals surface area contributed by atoms with Crippen LogP contribution >= 0.6 is 11.6 Å². The molecule has 2 aromatic carbocycles. The van der Waals surface area contributed by atoms with Gasteiger partial charge in [0.15, 0.2) is 0 Å². The lowest BCUT2D eigenvalue weighted by atomic mass is 9.96. The molecule has 0 radical (unpaired) electrons. The maximum atomic E-state index is 11.6. The second-order valence-corrected chi connectivity index (χ2v) is 10.3. The molecule has 0 bridgehead atoms. The van der Waals surface area contributed by atoms with Crippen LogP contribution in [-0.2, 0) is 4.79 Å². The summed E-state index contributed by atoms with van der Waals surface area (Å²) >= 11 is 6.20. The third kappa shape index (κ3) is 5.70. The number of nitrogens with zero attached hydrogens (tertiary/aromatic N) is 3. The van der Waals surface area contributed by atoms with Crippen molar-refractivity contribution in [3.63, 3.8) is 0 Å². The summed E-state index contributed by atoms with van der Waals surface area (Å²) in [5.74, 6) is 2.25. The predicted octanol–water partition coefficient (Wildman–Crippen LogP) is 5.10. The molecule has 2 atom stereocenters. The molecule has 0 N–H and O–H groups in total. The van der Waals surface area contributed by atoms with E-state index < -0.39 is 0 Å². The van der Waals surface area contributed by atoms with Gasteiger partial charge in [0.2, 0.25) is 5.91 Å². The van der Waals surface area contributed by atoms with Crippen molar-refractivity contribution in [2.75, 3.05) is 57.9 Å². The van der Waals surface area contributed by atoms with E-state index in [0.717, 1.165) is 62.9 Å². The molecule has 4 rings (SSSR count). The Kier molecular flexibility index (Phi) is 8.12. The number of hydrogen-bond donors (Lipinski definition) is 0. The summed E-state index contributed by atoms with van der Waals surface area (Å²) in [5, 5.41) is 0.642. The average Bonchev–Trinajstić information content (AvgIpc) is 3.34. The second-order valence-electron chi connectivity index (χ2n) is 9.85. The molecule has 2 unspecified atom stereocenters. The molecule has 2 fully saturated rings. The van der Waals surface area contributed by atoms with E-state index in [-0.39, 0.29) is 5.91 Å². The van der Waals surface area contributed by atoms with Crippen LogP contribution in [0.5, 0.6) is 11.5 Å². The minimum absolute atomic E-state index is 0.159. The molecule has 1 amide bonds. The number of ether oxygens (including phenoxy) is 2. The summed E-state index contributed by atoms with van der Waals surface area (Å²) in [6.07, 6.45) is 1.02. The fourth-order valence-corrected chi connectivity index (χ4v) is 5.49. The first-order valence-corrected chi connectivity index (χ1v) is 13.0. The molecule has 0 aromatic heterocycles. The fraction of sp³-hybridized carbons (Fsp3) is 0.536. The summed E-state index contributed by atoms with van der Waals surface area (Å²) in [7, 11) is 1.65. The molecule has 2 heterocycles. The molecule has 0 saturated carbocycles. The first-order chi connectivity index (χ1) is 16.8. The van der Waals surface area contributed by atoms with Gasteiger partial charge in [-0.3, -0.25) is 9.69 Å². The average molecular weight is 500 g/mol. The van der Waals surface area contributed by atoms with Gasteiger partial charge in [-0.15, -0.1) is 0 Å². The predicted molar refractivity (Wildman–Crippen MR) is 142 cm³/mol. The highest BCUT2D eigenvalue weighted by atomic mass is 35.5. The zero-order valence-electron chi connectivity index (χ0n) is 21.6. The molecule has 2 aliphatic rings. The van der Waals surface area contributed by atoms with Gasteiger partial charge in [0.25, 0.3) is 0 Å². The van der Waals surface area contributed by atoms with E-state index in [1.165, 1.54) is 16.7 Å². The molecule has 35 heavy (non-hydrogen) atoms. The number of rotatable bonds is 7. The van der Waals surface area contributed by atoms with Crippen LogP contribution in [0.4, 0.5) is 5.69 Å². The van der Waals surface area contributed by atoms with Crippen LogP contribution in [0.15, 0.2) is 30.3 Å². The lowest BCUT2D eigenvalue weighted by molar-refractivity contribution is -0.127. The monoisotopic (exact) mass is 499 g/mol. The van der Waals surface area contributed by atoms with Gasteiger partial charge in [-0.25, -0.2) is 0 Å². The number of benzene rings is 2. The molecule has 2 aliphatic heterocycles. The Morgan fingerprint density at radius 1 is 1.06 bits per heavy atom. The SMILES string of the molecule is COc1cc(N2CCN(C(C)c3ccc(OCC4CCN(C(C)=O)C4)c(C)c3C)CC2)ccc1Cl. The van der Waals surface area contributed by atoms with Crippen molar-refractivity contribution in [3.05, 3.63) is 52.0 Å². The molecule has 0 aliphatic carbocycles. The topological polar surface area (TPSA) is 45.2 Å². The lowest BCUT2D eigenvalue weighted by Crippen LogP contribution is -2.47.